The Morgan fingerprint density at radius 2 is 1.03 bits per heavy atom. The average molecular weight is 1530 g/mol. The molecule has 111 heavy (non-hydrogen) atoms. The lowest BCUT2D eigenvalue weighted by Gasteiger charge is -2.31. The summed E-state index contributed by atoms with van der Waals surface area (Å²) in [7, 11) is 0. The number of nitrogens with one attached hydrogen (secondary N) is 3. The SMILES string of the molecule is N#CN1CC[C@@H](C(=O)N2CCOc3cc(-n4cccn4)ccc32)C1.Nc1ccc(-n2cccn2)cc1O.O=C(CCl)Nc1ccc(-n2cccn2)cc1O.O=C1COc2cc(-n3cccn3)ccc2N1.O=[N+]([O-])c1ccc(-n2cccn2)cc1O.O=[N+]([O-])c1ccc(F)cc1O.c1cnn(-c2ccc3c(c2)OCCN3)c1. The van der Waals surface area contributed by atoms with E-state index in [0.29, 0.717) is 72.2 Å². The van der Waals surface area contributed by atoms with Crippen molar-refractivity contribution in [3.63, 3.8) is 0 Å². The third-order valence-corrected chi connectivity index (χ3v) is 16.5. The lowest BCUT2D eigenvalue weighted by atomic mass is 10.1. The molecule has 37 heteroatoms. The molecule has 4 aliphatic rings. The molecule has 0 radical (unpaired) electrons. The van der Waals surface area contributed by atoms with Crippen LogP contribution in [-0.2, 0) is 14.4 Å². The molecule has 0 unspecified atom stereocenters. The second kappa shape index (κ2) is 36.6. The van der Waals surface area contributed by atoms with Crippen LogP contribution >= 0.6 is 11.6 Å². The van der Waals surface area contributed by atoms with Crippen molar-refractivity contribution >= 4 is 69.1 Å². The number of rotatable bonds is 11. The van der Waals surface area contributed by atoms with E-state index in [1.807, 2.05) is 102 Å². The van der Waals surface area contributed by atoms with Crippen LogP contribution < -0.4 is 40.8 Å². The summed E-state index contributed by atoms with van der Waals surface area (Å²) in [5, 5.41) is 99.7. The normalized spacial score (nSPS) is 13.2. The number of carbonyl (C=O) groups excluding carboxylic acids is 3. The van der Waals surface area contributed by atoms with Gasteiger partial charge >= 0.3 is 11.4 Å². The van der Waals surface area contributed by atoms with Gasteiger partial charge in [-0.05, 0) is 116 Å². The Kier molecular flexibility index (Phi) is 25.4. The Balaban J connectivity index is 0.000000130. The Bertz CT molecular complexity index is 5360. The highest BCUT2D eigenvalue weighted by molar-refractivity contribution is 6.29. The lowest BCUT2D eigenvalue weighted by molar-refractivity contribution is -0.386. The number of nitrogen functional groups attached to an aromatic ring is 1. The molecule has 17 rings (SSSR count). The molecule has 10 heterocycles. The Morgan fingerprint density at radius 3 is 1.50 bits per heavy atom. The zero-order valence-corrected chi connectivity index (χ0v) is 59.0. The molecule has 0 bridgehead atoms. The predicted molar refractivity (Wildman–Crippen MR) is 403 cm³/mol. The Hall–Kier alpha value is -15.3. The van der Waals surface area contributed by atoms with E-state index in [9.17, 15) is 54.3 Å². The van der Waals surface area contributed by atoms with Crippen LogP contribution in [0.1, 0.15) is 6.42 Å². The summed E-state index contributed by atoms with van der Waals surface area (Å²) in [4.78, 5) is 57.5. The highest BCUT2D eigenvalue weighted by atomic mass is 35.5. The molecule has 9 N–H and O–H groups in total. The summed E-state index contributed by atoms with van der Waals surface area (Å²) >= 11 is 5.36. The number of halogens is 2. The fourth-order valence-electron chi connectivity index (χ4n) is 10.9. The molecule has 1 fully saturated rings. The Labute approximate surface area is 634 Å². The number of anilines is 5. The summed E-state index contributed by atoms with van der Waals surface area (Å²) in [6, 6.07) is 44.6. The van der Waals surface area contributed by atoms with E-state index in [4.69, 9.17) is 41.9 Å². The third-order valence-electron chi connectivity index (χ3n) is 16.3. The summed E-state index contributed by atoms with van der Waals surface area (Å²) in [5.74, 6) is -0.112. The molecule has 1 saturated heterocycles. The zero-order valence-electron chi connectivity index (χ0n) is 58.3. The first-order valence-electron chi connectivity index (χ1n) is 33.5. The minimum Gasteiger partial charge on any atom is -0.506 e. The topological polar surface area (TPSA) is 445 Å². The largest absolute Gasteiger partial charge is 0.506 e. The maximum Gasteiger partial charge on any atom is 0.310 e. The molecule has 0 saturated carbocycles. The lowest BCUT2D eigenvalue weighted by Crippen LogP contribution is -2.42. The van der Waals surface area contributed by atoms with E-state index in [1.54, 1.807) is 127 Å². The van der Waals surface area contributed by atoms with Crippen molar-refractivity contribution in [2.45, 2.75) is 6.42 Å². The smallest absolute Gasteiger partial charge is 0.310 e. The van der Waals surface area contributed by atoms with Crippen LogP contribution in [0.5, 0.6) is 40.2 Å². The van der Waals surface area contributed by atoms with E-state index in [2.05, 4.69) is 52.7 Å². The maximum absolute atomic E-state index is 12.9. The van der Waals surface area contributed by atoms with Crippen LogP contribution in [0.15, 0.2) is 238 Å². The second-order valence-corrected chi connectivity index (χ2v) is 23.9. The molecule has 0 aliphatic carbocycles. The van der Waals surface area contributed by atoms with Crippen LogP contribution in [0.3, 0.4) is 0 Å². The van der Waals surface area contributed by atoms with Crippen LogP contribution in [0.25, 0.3) is 34.1 Å². The van der Waals surface area contributed by atoms with Crippen molar-refractivity contribution in [1.82, 2.24) is 63.6 Å². The van der Waals surface area contributed by atoms with Gasteiger partial charge in [-0.3, -0.25) is 34.6 Å². The van der Waals surface area contributed by atoms with Gasteiger partial charge in [0.25, 0.3) is 5.91 Å². The fourth-order valence-corrected chi connectivity index (χ4v) is 11.0. The minimum atomic E-state index is -0.783. The van der Waals surface area contributed by atoms with Gasteiger partial charge < -0.3 is 66.1 Å². The number of nitro groups is 2. The monoisotopic (exact) mass is 1530 g/mol. The van der Waals surface area contributed by atoms with E-state index in [1.165, 1.54) is 28.9 Å². The highest BCUT2D eigenvalue weighted by Crippen LogP contribution is 2.37. The van der Waals surface area contributed by atoms with Gasteiger partial charge in [0.05, 0.1) is 84.9 Å². The average Bonchev–Trinajstić information content (AvgIpc) is 1.72. The van der Waals surface area contributed by atoms with Gasteiger partial charge in [0.2, 0.25) is 11.8 Å². The number of fused-ring (bicyclic) bond motifs is 3. The molecule has 13 aromatic rings. The molecule has 7 aromatic carbocycles. The maximum atomic E-state index is 12.9. The first kappa shape index (κ1) is 76.8. The molecule has 35 nitrogen and oxygen atoms in total. The van der Waals surface area contributed by atoms with Gasteiger partial charge in [0, 0.05) is 149 Å². The third kappa shape index (κ3) is 20.2. The van der Waals surface area contributed by atoms with Crippen LogP contribution in [0.2, 0.25) is 0 Å². The van der Waals surface area contributed by atoms with Gasteiger partial charge in [0.15, 0.2) is 24.3 Å². The van der Waals surface area contributed by atoms with Crippen molar-refractivity contribution < 1.29 is 63.3 Å². The number of likely N-dealkylation sites (tertiary alicyclic amines) is 1. The number of aromatic nitrogens is 12. The van der Waals surface area contributed by atoms with Crippen molar-refractivity contribution in [2.24, 2.45) is 5.92 Å². The number of phenols is 4. The number of ether oxygens (including phenoxy) is 3. The number of alkyl halides is 1. The summed E-state index contributed by atoms with van der Waals surface area (Å²) in [5.41, 5.74) is 12.8. The second-order valence-electron chi connectivity index (χ2n) is 23.6. The van der Waals surface area contributed by atoms with Crippen LogP contribution in [0, 0.1) is 43.4 Å². The Morgan fingerprint density at radius 1 is 0.577 bits per heavy atom. The number of phenolic OH excluding ortho intramolecular Hbond substituents is 4. The molecule has 1 atom stereocenters. The summed E-state index contributed by atoms with van der Waals surface area (Å²) < 4.78 is 38.9. The number of aromatic hydroxyl groups is 4. The van der Waals surface area contributed by atoms with Crippen molar-refractivity contribution in [1.29, 1.82) is 5.26 Å². The van der Waals surface area contributed by atoms with Gasteiger partial charge in [-0.2, -0.15) is 35.9 Å². The molecular formula is C74H67ClFN21O14. The molecule has 6 aromatic heterocycles. The van der Waals surface area contributed by atoms with Crippen molar-refractivity contribution in [3.8, 4) is 80.6 Å². The molecule has 4 aliphatic heterocycles. The number of nitro benzene ring substituents is 2. The molecule has 566 valence electrons. The number of amides is 3. The van der Waals surface area contributed by atoms with E-state index < -0.39 is 27.1 Å². The predicted octanol–water partition coefficient (Wildman–Crippen LogP) is 10.1. The molecule has 3 amide bonds. The summed E-state index contributed by atoms with van der Waals surface area (Å²) in [6.45, 7) is 3.82. The first-order valence-corrected chi connectivity index (χ1v) is 34.0. The minimum absolute atomic E-state index is 0.0310. The van der Waals surface area contributed by atoms with Crippen LogP contribution in [0.4, 0.5) is 44.2 Å². The standard InChI is InChI=1S/C17H17N5O2.C11H10ClN3O2.C11H9N3O2.C11H11N3O.C9H7N3O3.C9H9N3O.C6H4FNO3/c18-12-20-7-4-13(11-20)17(23)21-8-9-24-16-10-14(2-3-15(16)21)22-6-1-5-19-22;12-7-11(17)14-9-3-2-8(6-10(9)16)15-5-1-4-13-15;15-11-7-16-10-6-8(2-3-9(10)13-11)14-5-1-4-12-14;1-4-13-14(6-1)9-2-3-10-11(8-9)15-7-5-12-10;13-9-6-7(11-5-1-4-10-11)2-3-8(9)12(14)15;10-8-3-2-7(6-9(8)13)12-5-1-4-11-12;7-4-1-2-5(8(10)11)6(9)3-4/h1-3,5-6,10,13H,4,7-9,11H2;1-6,16H,7H2,(H,14,17);1-6H,7H2,(H,13,15);1-4,6,8,12H,5,7H2;1-6,13H;1-6,13H,10H2;1-3,9H/t13-;;;;;;/m1....../s1. The van der Waals surface area contributed by atoms with Crippen molar-refractivity contribution in [3.05, 3.63) is 264 Å². The first-order chi connectivity index (χ1) is 53.8. The number of nitrogens with two attached hydrogens (primary N) is 1. The van der Waals surface area contributed by atoms with Gasteiger partial charge in [-0.25, -0.2) is 32.5 Å². The van der Waals surface area contributed by atoms with E-state index in [0.717, 1.165) is 71.6 Å². The zero-order chi connectivity index (χ0) is 78.3. The number of benzene rings is 7. The van der Waals surface area contributed by atoms with Crippen LogP contribution in [-0.4, -0.2) is 163 Å². The number of hydrogen-bond donors (Lipinski definition) is 8. The number of hydrogen-bond acceptors (Lipinski definition) is 24. The van der Waals surface area contributed by atoms with E-state index >= 15 is 0 Å². The number of nitrogens with zero attached hydrogens (tertiary/aromatic N) is 17. The van der Waals surface area contributed by atoms with E-state index in [-0.39, 0.29) is 59.1 Å². The van der Waals surface area contributed by atoms with Gasteiger partial charge in [0.1, 0.15) is 53.7 Å². The molecular weight excluding hydrogens is 1460 g/mol. The van der Waals surface area contributed by atoms with Gasteiger partial charge in [-0.1, -0.05) is 0 Å². The number of nitriles is 1. The summed E-state index contributed by atoms with van der Waals surface area (Å²) in [6.07, 6.45) is 23.8. The number of carbonyl (C=O) groups is 3. The quantitative estimate of drug-likeness (QED) is 0.0149. The molecule has 0 spiro atoms. The fraction of sp³-hybridized carbons (Fsp3) is 0.135. The van der Waals surface area contributed by atoms with Crippen molar-refractivity contribution in [2.75, 3.05) is 78.5 Å². The highest BCUT2D eigenvalue weighted by Gasteiger charge is 2.34. The van der Waals surface area contributed by atoms with Gasteiger partial charge in [-0.15, -0.1) is 11.6 Å².